The van der Waals surface area contributed by atoms with Crippen molar-refractivity contribution in [2.24, 2.45) is 0 Å². The van der Waals surface area contributed by atoms with Crippen LogP contribution in [0.25, 0.3) is 0 Å². The highest BCUT2D eigenvalue weighted by atomic mass is 32.2. The molecule has 0 saturated heterocycles. The minimum absolute atomic E-state index is 0.462. The molecule has 20 heavy (non-hydrogen) atoms. The molecule has 1 amide bonds. The summed E-state index contributed by atoms with van der Waals surface area (Å²) in [6.45, 7) is 6.64. The molecule has 0 aliphatic rings. The molecule has 0 aliphatic carbocycles. The van der Waals surface area contributed by atoms with E-state index in [0.717, 1.165) is 5.56 Å². The molecule has 0 saturated carbocycles. The lowest BCUT2D eigenvalue weighted by Gasteiger charge is -2.20. The summed E-state index contributed by atoms with van der Waals surface area (Å²) < 4.78 is 32.6. The van der Waals surface area contributed by atoms with Crippen LogP contribution >= 0.6 is 0 Å². The Balaban J connectivity index is 2.64. The summed E-state index contributed by atoms with van der Waals surface area (Å²) in [6, 6.07) is 8.57. The molecule has 1 rings (SSSR count). The van der Waals surface area contributed by atoms with Crippen LogP contribution in [0.15, 0.2) is 30.3 Å². The molecule has 0 radical (unpaired) electrons. The first-order valence-corrected chi connectivity index (χ1v) is 7.65. The number of carbonyl (C=O) groups excluding carboxylic acids is 1. The highest BCUT2D eigenvalue weighted by molar-refractivity contribution is 7.88. The summed E-state index contributed by atoms with van der Waals surface area (Å²) in [6.07, 6.45) is -1.01. The lowest BCUT2D eigenvalue weighted by Crippen LogP contribution is -2.43. The van der Waals surface area contributed by atoms with Crippen molar-refractivity contribution >= 4 is 16.3 Å². The predicted molar refractivity (Wildman–Crippen MR) is 76.3 cm³/mol. The van der Waals surface area contributed by atoms with Crippen LogP contribution in [-0.2, 0) is 14.9 Å². The standard InChI is InChI=1S/C13H20N2O4S/c1-10(11-8-6-5-7-9-11)14-20(17,18)15-12(16)19-13(2,3)4/h5-10,14H,1-4H3,(H,15,16)/t10-/m1/s1. The van der Waals surface area contributed by atoms with Gasteiger partial charge in [0, 0.05) is 6.04 Å². The molecular formula is C13H20N2O4S. The van der Waals surface area contributed by atoms with Crippen molar-refractivity contribution in [3.63, 3.8) is 0 Å². The van der Waals surface area contributed by atoms with Crippen LogP contribution in [0.4, 0.5) is 4.79 Å². The smallest absolute Gasteiger partial charge is 0.422 e. The number of rotatable bonds is 4. The third kappa shape index (κ3) is 6.03. The van der Waals surface area contributed by atoms with Crippen molar-refractivity contribution < 1.29 is 17.9 Å². The van der Waals surface area contributed by atoms with Crippen molar-refractivity contribution in [2.75, 3.05) is 0 Å². The minimum atomic E-state index is -3.98. The molecular weight excluding hydrogens is 280 g/mol. The van der Waals surface area contributed by atoms with Gasteiger partial charge < -0.3 is 4.74 Å². The zero-order valence-corrected chi connectivity index (χ0v) is 12.8. The van der Waals surface area contributed by atoms with Crippen LogP contribution in [-0.4, -0.2) is 20.1 Å². The second-order valence-corrected chi connectivity index (χ2v) is 6.80. The van der Waals surface area contributed by atoms with Crippen molar-refractivity contribution in [3.05, 3.63) is 35.9 Å². The van der Waals surface area contributed by atoms with Crippen LogP contribution in [0, 0.1) is 0 Å². The number of nitrogens with one attached hydrogen (secondary N) is 2. The van der Waals surface area contributed by atoms with Gasteiger partial charge in [-0.1, -0.05) is 30.3 Å². The Morgan fingerprint density at radius 2 is 1.75 bits per heavy atom. The maximum absolute atomic E-state index is 11.8. The number of benzene rings is 1. The summed E-state index contributed by atoms with van der Waals surface area (Å²) in [4.78, 5) is 11.4. The molecule has 1 aromatic rings. The van der Waals surface area contributed by atoms with Gasteiger partial charge in [0.05, 0.1) is 0 Å². The van der Waals surface area contributed by atoms with Gasteiger partial charge in [-0.25, -0.2) is 9.52 Å². The number of carbonyl (C=O) groups is 1. The lowest BCUT2D eigenvalue weighted by atomic mass is 10.1. The fourth-order valence-electron chi connectivity index (χ4n) is 1.48. The highest BCUT2D eigenvalue weighted by Crippen LogP contribution is 2.12. The van der Waals surface area contributed by atoms with Crippen LogP contribution in [0.5, 0.6) is 0 Å². The first-order chi connectivity index (χ1) is 9.09. The van der Waals surface area contributed by atoms with Crippen LogP contribution in [0.2, 0.25) is 0 Å². The average molecular weight is 300 g/mol. The third-order valence-corrected chi connectivity index (χ3v) is 3.35. The fraction of sp³-hybridized carbons (Fsp3) is 0.462. The van der Waals surface area contributed by atoms with E-state index in [-0.39, 0.29) is 0 Å². The molecule has 0 spiro atoms. The van der Waals surface area contributed by atoms with Crippen LogP contribution < -0.4 is 9.44 Å². The normalized spacial score (nSPS) is 13.6. The minimum Gasteiger partial charge on any atom is -0.443 e. The van der Waals surface area contributed by atoms with Gasteiger partial charge in [-0.15, -0.1) is 0 Å². The Hall–Kier alpha value is -1.60. The average Bonchev–Trinajstić information content (AvgIpc) is 2.25. The topological polar surface area (TPSA) is 84.5 Å². The molecule has 0 fully saturated rings. The maximum atomic E-state index is 11.8. The highest BCUT2D eigenvalue weighted by Gasteiger charge is 2.22. The number of amides is 1. The molecule has 6 nitrogen and oxygen atoms in total. The van der Waals surface area contributed by atoms with Crippen molar-refractivity contribution in [1.29, 1.82) is 0 Å². The van der Waals surface area contributed by atoms with E-state index in [2.05, 4.69) is 4.72 Å². The van der Waals surface area contributed by atoms with E-state index < -0.39 is 27.9 Å². The maximum Gasteiger partial charge on any atom is 0.422 e. The van der Waals surface area contributed by atoms with E-state index in [1.807, 2.05) is 10.8 Å². The molecule has 7 heteroatoms. The van der Waals surface area contributed by atoms with E-state index in [1.54, 1.807) is 52.0 Å². The van der Waals surface area contributed by atoms with Gasteiger partial charge in [0.2, 0.25) is 0 Å². The fourth-order valence-corrected chi connectivity index (χ4v) is 2.40. The van der Waals surface area contributed by atoms with E-state index in [4.69, 9.17) is 4.74 Å². The second kappa shape index (κ2) is 6.23. The molecule has 112 valence electrons. The Morgan fingerprint density at radius 3 is 2.25 bits per heavy atom. The Labute approximate surface area is 119 Å². The van der Waals surface area contributed by atoms with Gasteiger partial charge >= 0.3 is 16.3 Å². The van der Waals surface area contributed by atoms with Gasteiger partial charge in [0.15, 0.2) is 0 Å². The van der Waals surface area contributed by atoms with E-state index in [0.29, 0.717) is 0 Å². The largest absolute Gasteiger partial charge is 0.443 e. The summed E-state index contributed by atoms with van der Waals surface area (Å²) in [5, 5.41) is 0. The molecule has 0 unspecified atom stereocenters. The third-order valence-electron chi connectivity index (χ3n) is 2.25. The van der Waals surface area contributed by atoms with Crippen molar-refractivity contribution in [3.8, 4) is 0 Å². The van der Waals surface area contributed by atoms with Crippen LogP contribution in [0.1, 0.15) is 39.3 Å². The summed E-state index contributed by atoms with van der Waals surface area (Å²) in [7, 11) is -3.98. The van der Waals surface area contributed by atoms with Gasteiger partial charge in [0.25, 0.3) is 0 Å². The Kier molecular flexibility index (Phi) is 5.13. The summed E-state index contributed by atoms with van der Waals surface area (Å²) in [5.74, 6) is 0. The van der Waals surface area contributed by atoms with Crippen LogP contribution in [0.3, 0.4) is 0 Å². The van der Waals surface area contributed by atoms with Gasteiger partial charge in [-0.2, -0.15) is 13.1 Å². The van der Waals surface area contributed by atoms with E-state index >= 15 is 0 Å². The van der Waals surface area contributed by atoms with E-state index in [1.165, 1.54) is 0 Å². The van der Waals surface area contributed by atoms with Gasteiger partial charge in [0.1, 0.15) is 5.60 Å². The molecule has 0 heterocycles. The molecule has 2 N–H and O–H groups in total. The molecule has 0 bridgehead atoms. The van der Waals surface area contributed by atoms with Crippen molar-refractivity contribution in [2.45, 2.75) is 39.3 Å². The quantitative estimate of drug-likeness (QED) is 0.892. The van der Waals surface area contributed by atoms with E-state index in [9.17, 15) is 13.2 Å². The van der Waals surface area contributed by atoms with Gasteiger partial charge in [-0.3, -0.25) is 0 Å². The number of ether oxygens (including phenoxy) is 1. The first kappa shape index (κ1) is 16.5. The monoisotopic (exact) mass is 300 g/mol. The molecule has 1 atom stereocenters. The summed E-state index contributed by atoms with van der Waals surface area (Å²) in [5.41, 5.74) is 0.0343. The lowest BCUT2D eigenvalue weighted by molar-refractivity contribution is 0.0569. The second-order valence-electron chi connectivity index (χ2n) is 5.36. The molecule has 1 aromatic carbocycles. The Morgan fingerprint density at radius 1 is 1.20 bits per heavy atom. The summed E-state index contributed by atoms with van der Waals surface area (Å²) >= 11 is 0. The Bertz CT molecular complexity index is 549. The predicted octanol–water partition coefficient (Wildman–Crippen LogP) is 2.11. The molecule has 0 aromatic heterocycles. The zero-order valence-electron chi connectivity index (χ0n) is 12.0. The zero-order chi connectivity index (χ0) is 15.4. The first-order valence-electron chi connectivity index (χ1n) is 6.17. The van der Waals surface area contributed by atoms with Gasteiger partial charge in [-0.05, 0) is 33.3 Å². The molecule has 0 aliphatic heterocycles. The number of hydrogen-bond donors (Lipinski definition) is 2. The number of hydrogen-bond acceptors (Lipinski definition) is 4. The van der Waals surface area contributed by atoms with Crippen molar-refractivity contribution in [1.82, 2.24) is 9.44 Å². The SMILES string of the molecule is C[C@@H](NS(=O)(=O)NC(=O)OC(C)(C)C)c1ccccc1.